The highest BCUT2D eigenvalue weighted by molar-refractivity contribution is 6.99. The number of unbranched alkanes of at least 4 members (excludes halogenated alkanes) is 4. The summed E-state index contributed by atoms with van der Waals surface area (Å²) >= 11 is 0. The number of hydrogen-bond acceptors (Lipinski definition) is 4. The number of rotatable bonds is 16. The first-order valence-electron chi connectivity index (χ1n) is 16.5. The van der Waals surface area contributed by atoms with Gasteiger partial charge in [0, 0.05) is 24.2 Å². The molecule has 2 saturated carbocycles. The average Bonchev–Trinajstić information content (AvgIpc) is 3.55. The third-order valence-electron chi connectivity index (χ3n) is 9.52. The quantitative estimate of drug-likeness (QED) is 0.0849. The molecule has 0 spiro atoms. The van der Waals surface area contributed by atoms with Gasteiger partial charge in [-0.25, -0.2) is 0 Å². The van der Waals surface area contributed by atoms with Crippen LogP contribution in [-0.4, -0.2) is 32.8 Å². The molecule has 43 heavy (non-hydrogen) atoms. The Hall–Kier alpha value is -2.76. The van der Waals surface area contributed by atoms with Crippen molar-refractivity contribution in [2.24, 2.45) is 17.3 Å². The Balaban J connectivity index is 1.63. The number of carbonyl (C=O) groups excluding carboxylic acids is 2. The first kappa shape index (κ1) is 33.1. The van der Waals surface area contributed by atoms with E-state index in [2.05, 4.69) is 113 Å². The zero-order valence-electron chi connectivity index (χ0n) is 27.0. The Morgan fingerprint density at radius 1 is 0.907 bits per heavy atom. The van der Waals surface area contributed by atoms with Gasteiger partial charge in [0.05, 0.1) is 12.7 Å². The van der Waals surface area contributed by atoms with Crippen molar-refractivity contribution in [3.63, 3.8) is 0 Å². The van der Waals surface area contributed by atoms with E-state index < -0.39 is 8.32 Å². The first-order chi connectivity index (χ1) is 20.7. The van der Waals surface area contributed by atoms with Gasteiger partial charge in [0.25, 0.3) is 8.32 Å². The van der Waals surface area contributed by atoms with Crippen molar-refractivity contribution in [2.45, 2.75) is 104 Å². The maximum atomic E-state index is 14.0. The van der Waals surface area contributed by atoms with Gasteiger partial charge in [0.2, 0.25) is 0 Å². The highest BCUT2D eigenvalue weighted by Gasteiger charge is 2.74. The van der Waals surface area contributed by atoms with Crippen LogP contribution in [0.25, 0.3) is 0 Å². The summed E-state index contributed by atoms with van der Waals surface area (Å²) in [5.74, 6) is 0.542. The van der Waals surface area contributed by atoms with E-state index in [9.17, 15) is 9.59 Å². The fourth-order valence-electron chi connectivity index (χ4n) is 7.39. The summed E-state index contributed by atoms with van der Waals surface area (Å²) in [7, 11) is -2.78. The molecule has 4 nitrogen and oxygen atoms in total. The highest BCUT2D eigenvalue weighted by atomic mass is 28.4. The van der Waals surface area contributed by atoms with Crippen LogP contribution in [0.2, 0.25) is 5.04 Å². The molecule has 0 unspecified atom stereocenters. The summed E-state index contributed by atoms with van der Waals surface area (Å²) in [5.41, 5.74) is -0.380. The fraction of sp³-hybridized carbons (Fsp3) is 0.526. The standard InChI is InChI=1S/C38H52O4Si/c1-6-8-9-10-11-21-28-38-32(26-19-14-20-27-35(40)41-7-2)36(38)33(29-34(38)39)42-43(37(3,4)5,30-22-15-12-16-23-30)31-24-17-13-18-25-31/h11-13,15-19,21-26,32-33,36H,6-10,14,20,27-29H2,1-5H3/b21-11-,26-19-/t32-,33+,36+,38-/m1/s1. The van der Waals surface area contributed by atoms with E-state index in [0.29, 0.717) is 25.2 Å². The molecule has 0 N–H and O–H groups in total. The molecule has 0 amide bonds. The molecule has 2 aromatic carbocycles. The van der Waals surface area contributed by atoms with E-state index in [-0.39, 0.29) is 34.4 Å². The van der Waals surface area contributed by atoms with E-state index in [1.165, 1.54) is 29.6 Å². The maximum absolute atomic E-state index is 14.0. The molecule has 2 aromatic rings. The summed E-state index contributed by atoms with van der Waals surface area (Å²) < 4.78 is 12.6. The number of esters is 1. The summed E-state index contributed by atoms with van der Waals surface area (Å²) in [6.45, 7) is 11.4. The molecule has 5 heteroatoms. The van der Waals surface area contributed by atoms with E-state index in [1.54, 1.807) is 0 Å². The Morgan fingerprint density at radius 3 is 2.12 bits per heavy atom. The summed E-state index contributed by atoms with van der Waals surface area (Å²) in [4.78, 5) is 25.8. The second-order valence-corrected chi connectivity index (χ2v) is 17.6. The Bertz CT molecular complexity index is 1210. The molecule has 232 valence electrons. The summed E-state index contributed by atoms with van der Waals surface area (Å²) in [5, 5.41) is 2.36. The van der Waals surface area contributed by atoms with Crippen LogP contribution >= 0.6 is 0 Å². The number of carbonyl (C=O) groups is 2. The third-order valence-corrected chi connectivity index (χ3v) is 14.6. The van der Waals surface area contributed by atoms with E-state index in [0.717, 1.165) is 25.7 Å². The van der Waals surface area contributed by atoms with Gasteiger partial charge in [-0.2, -0.15) is 0 Å². The number of hydrogen-bond donors (Lipinski definition) is 0. The number of fused-ring (bicyclic) bond motifs is 1. The van der Waals surface area contributed by atoms with Gasteiger partial charge < -0.3 is 9.16 Å². The van der Waals surface area contributed by atoms with Crippen molar-refractivity contribution in [1.29, 1.82) is 0 Å². The SMILES string of the molecule is CCCCC/C=C\C[C@@]12C(=O)C[C@H](O[Si](c3ccccc3)(c3ccccc3)C(C)(C)C)[C@@H]1[C@H]2/C=C\CCCC(=O)OCC. The summed E-state index contributed by atoms with van der Waals surface area (Å²) in [6, 6.07) is 21.5. The Labute approximate surface area is 261 Å². The lowest BCUT2D eigenvalue weighted by molar-refractivity contribution is -0.143. The smallest absolute Gasteiger partial charge is 0.305 e. The third kappa shape index (κ3) is 7.15. The molecular formula is C38H52O4Si. The molecule has 0 heterocycles. The van der Waals surface area contributed by atoms with Gasteiger partial charge in [-0.3, -0.25) is 9.59 Å². The van der Waals surface area contributed by atoms with Crippen LogP contribution in [0, 0.1) is 17.3 Å². The lowest BCUT2D eigenvalue weighted by atomic mass is 9.93. The van der Waals surface area contributed by atoms with Gasteiger partial charge in [-0.1, -0.05) is 126 Å². The molecule has 0 aliphatic heterocycles. The Kier molecular flexibility index (Phi) is 11.4. The normalized spacial score (nSPS) is 23.7. The molecule has 0 bridgehead atoms. The van der Waals surface area contributed by atoms with E-state index in [1.807, 2.05) is 6.92 Å². The molecule has 2 fully saturated rings. The maximum Gasteiger partial charge on any atom is 0.305 e. The van der Waals surface area contributed by atoms with Gasteiger partial charge in [0.15, 0.2) is 0 Å². The van der Waals surface area contributed by atoms with Gasteiger partial charge in [-0.15, -0.1) is 0 Å². The van der Waals surface area contributed by atoms with Crippen molar-refractivity contribution in [3.05, 3.63) is 85.0 Å². The topological polar surface area (TPSA) is 52.6 Å². The van der Waals surface area contributed by atoms with E-state index in [4.69, 9.17) is 9.16 Å². The predicted octanol–water partition coefficient (Wildman–Crippen LogP) is 7.95. The van der Waals surface area contributed by atoms with Crippen molar-refractivity contribution < 1.29 is 18.8 Å². The second-order valence-electron chi connectivity index (χ2n) is 13.3. The molecule has 4 rings (SSSR count). The highest BCUT2D eigenvalue weighted by Crippen LogP contribution is 2.70. The van der Waals surface area contributed by atoms with Crippen LogP contribution < -0.4 is 10.4 Å². The van der Waals surface area contributed by atoms with Gasteiger partial charge >= 0.3 is 5.97 Å². The number of Topliss-reactive ketones (excluding diaryl/α,β-unsaturated/α-hetero) is 1. The molecule has 0 aromatic heterocycles. The number of benzene rings is 2. The zero-order chi connectivity index (χ0) is 30.9. The lowest BCUT2D eigenvalue weighted by Crippen LogP contribution is -2.67. The zero-order valence-corrected chi connectivity index (χ0v) is 28.0. The fourth-order valence-corrected chi connectivity index (χ4v) is 12.1. The molecule has 2 aliphatic rings. The van der Waals surface area contributed by atoms with Crippen LogP contribution in [0.3, 0.4) is 0 Å². The molecular weight excluding hydrogens is 549 g/mol. The van der Waals surface area contributed by atoms with Crippen LogP contribution in [0.15, 0.2) is 85.0 Å². The minimum Gasteiger partial charge on any atom is -0.466 e. The number of allylic oxidation sites excluding steroid dienone is 4. The van der Waals surface area contributed by atoms with Gasteiger partial charge in [0.1, 0.15) is 5.78 Å². The van der Waals surface area contributed by atoms with Crippen LogP contribution in [0.1, 0.15) is 92.4 Å². The number of ether oxygens (including phenoxy) is 1. The minimum atomic E-state index is -2.78. The number of ketones is 1. The second kappa shape index (κ2) is 14.8. The average molecular weight is 601 g/mol. The largest absolute Gasteiger partial charge is 0.466 e. The molecule has 0 radical (unpaired) electrons. The molecule has 0 saturated heterocycles. The minimum absolute atomic E-state index is 0.124. The molecule has 2 aliphatic carbocycles. The van der Waals surface area contributed by atoms with Crippen molar-refractivity contribution >= 4 is 30.4 Å². The summed E-state index contributed by atoms with van der Waals surface area (Å²) in [6.07, 6.45) is 16.8. The van der Waals surface area contributed by atoms with Crippen LogP contribution in [0.4, 0.5) is 0 Å². The molecule has 4 atom stereocenters. The van der Waals surface area contributed by atoms with Crippen LogP contribution in [-0.2, 0) is 18.8 Å². The van der Waals surface area contributed by atoms with Crippen molar-refractivity contribution in [3.8, 4) is 0 Å². The van der Waals surface area contributed by atoms with E-state index >= 15 is 0 Å². The first-order valence-corrected chi connectivity index (χ1v) is 18.4. The van der Waals surface area contributed by atoms with Gasteiger partial charge in [-0.05, 0) is 60.4 Å². The van der Waals surface area contributed by atoms with Crippen LogP contribution in [0.5, 0.6) is 0 Å². The predicted molar refractivity (Wildman–Crippen MR) is 179 cm³/mol. The Morgan fingerprint density at radius 2 is 1.53 bits per heavy atom. The lowest BCUT2D eigenvalue weighted by Gasteiger charge is -2.45. The van der Waals surface area contributed by atoms with Crippen molar-refractivity contribution in [1.82, 2.24) is 0 Å². The monoisotopic (exact) mass is 600 g/mol. The van der Waals surface area contributed by atoms with Crippen molar-refractivity contribution in [2.75, 3.05) is 6.61 Å².